The van der Waals surface area contributed by atoms with Gasteiger partial charge in [-0.2, -0.15) is 0 Å². The molecule has 0 radical (unpaired) electrons. The summed E-state index contributed by atoms with van der Waals surface area (Å²) < 4.78 is 0. The van der Waals surface area contributed by atoms with Gasteiger partial charge in [0, 0.05) is 30.7 Å². The first-order valence-corrected chi connectivity index (χ1v) is 12.7. The van der Waals surface area contributed by atoms with E-state index < -0.39 is 0 Å². The van der Waals surface area contributed by atoms with E-state index in [1.807, 2.05) is 0 Å². The molecule has 4 nitrogen and oxygen atoms in total. The number of allylic oxidation sites excluding steroid dienone is 1. The molecule has 3 atom stereocenters. The second kappa shape index (κ2) is 11.4. The van der Waals surface area contributed by atoms with Crippen molar-refractivity contribution in [3.63, 3.8) is 0 Å². The molecule has 0 amide bonds. The number of nitrogens with one attached hydrogen (secondary N) is 2. The Morgan fingerprint density at radius 3 is 2.46 bits per heavy atom. The maximum absolute atomic E-state index is 4.66. The Hall–Kier alpha value is -3.27. The van der Waals surface area contributed by atoms with Crippen molar-refractivity contribution >= 4 is 22.9 Å². The van der Waals surface area contributed by atoms with Gasteiger partial charge in [0.15, 0.2) is 0 Å². The molecule has 35 heavy (non-hydrogen) atoms. The zero-order valence-electron chi connectivity index (χ0n) is 22.2. The van der Waals surface area contributed by atoms with Crippen molar-refractivity contribution in [2.75, 3.05) is 23.7 Å². The normalized spacial score (nSPS) is 21.3. The van der Waals surface area contributed by atoms with Crippen LogP contribution in [0.5, 0.6) is 0 Å². The van der Waals surface area contributed by atoms with E-state index in [1.54, 1.807) is 6.20 Å². The average molecular weight is 471 g/mol. The summed E-state index contributed by atoms with van der Waals surface area (Å²) >= 11 is 0. The van der Waals surface area contributed by atoms with Gasteiger partial charge in [-0.3, -0.25) is 0 Å². The van der Waals surface area contributed by atoms with Crippen molar-refractivity contribution in [2.24, 2.45) is 22.7 Å². The van der Waals surface area contributed by atoms with Crippen LogP contribution >= 0.6 is 0 Å². The molecule has 1 saturated heterocycles. The molecule has 0 aromatic heterocycles. The van der Waals surface area contributed by atoms with Gasteiger partial charge in [-0.25, -0.2) is 4.99 Å². The molecule has 0 bridgehead atoms. The number of hydrogen-bond acceptors (Lipinski definition) is 2. The molecule has 1 aliphatic carbocycles. The van der Waals surface area contributed by atoms with Gasteiger partial charge >= 0.3 is 0 Å². The van der Waals surface area contributed by atoms with E-state index in [9.17, 15) is 0 Å². The summed E-state index contributed by atoms with van der Waals surface area (Å²) in [5.41, 5.74) is 8.31. The predicted molar refractivity (Wildman–Crippen MR) is 154 cm³/mol. The second-order valence-corrected chi connectivity index (χ2v) is 9.79. The van der Waals surface area contributed by atoms with Gasteiger partial charge in [-0.05, 0) is 73.3 Å². The molecule has 1 aliphatic heterocycles. The van der Waals surface area contributed by atoms with Crippen LogP contribution in [-0.4, -0.2) is 23.9 Å². The third kappa shape index (κ3) is 5.70. The van der Waals surface area contributed by atoms with E-state index in [-0.39, 0.29) is 6.04 Å². The lowest BCUT2D eigenvalue weighted by atomic mass is 9.96. The molecule has 2 aromatic carbocycles. The number of anilines is 2. The van der Waals surface area contributed by atoms with Gasteiger partial charge in [-0.1, -0.05) is 62.9 Å². The topological polar surface area (TPSA) is 39.7 Å². The van der Waals surface area contributed by atoms with Gasteiger partial charge in [0.05, 0.1) is 6.04 Å². The van der Waals surface area contributed by atoms with Crippen molar-refractivity contribution in [1.82, 2.24) is 4.90 Å². The van der Waals surface area contributed by atoms with Gasteiger partial charge in [-0.15, -0.1) is 13.2 Å². The minimum atomic E-state index is 0.107. The van der Waals surface area contributed by atoms with Crippen molar-refractivity contribution in [3.05, 3.63) is 91.2 Å². The average Bonchev–Trinajstić information content (AvgIpc) is 3.24. The van der Waals surface area contributed by atoms with Crippen molar-refractivity contribution in [3.8, 4) is 0 Å². The third-order valence-corrected chi connectivity index (χ3v) is 7.37. The van der Waals surface area contributed by atoms with Crippen LogP contribution in [0.15, 0.2) is 73.9 Å². The quantitative estimate of drug-likeness (QED) is 0.248. The van der Waals surface area contributed by atoms with Crippen molar-refractivity contribution < 1.29 is 0 Å². The fraction of sp³-hybridized carbons (Fsp3) is 0.387. The van der Waals surface area contributed by atoms with Crippen LogP contribution in [0, 0.1) is 24.7 Å². The lowest BCUT2D eigenvalue weighted by molar-refractivity contribution is 0.427. The number of aliphatic imine (C=N–C) groups is 1. The predicted octanol–water partition coefficient (Wildman–Crippen LogP) is 7.67. The van der Waals surface area contributed by atoms with E-state index in [0.717, 1.165) is 65.7 Å². The second-order valence-electron chi connectivity index (χ2n) is 9.79. The molecular formula is C31H42N4. The number of aryl methyl sites for hydroxylation is 2. The number of piperidine rings is 1. The zero-order chi connectivity index (χ0) is 25.7. The maximum atomic E-state index is 4.66. The summed E-state index contributed by atoms with van der Waals surface area (Å²) in [5, 5.41) is 7.49. The number of para-hydroxylation sites is 1. The fourth-order valence-electron chi connectivity index (χ4n) is 5.34. The molecule has 0 spiro atoms. The summed E-state index contributed by atoms with van der Waals surface area (Å²) in [6.45, 7) is 27.2. The monoisotopic (exact) mass is 470 g/mol. The first-order chi connectivity index (χ1) is 16.8. The van der Waals surface area contributed by atoms with Gasteiger partial charge < -0.3 is 15.5 Å². The van der Waals surface area contributed by atoms with Crippen LogP contribution in [0.2, 0.25) is 0 Å². The van der Waals surface area contributed by atoms with E-state index in [4.69, 9.17) is 0 Å². The standard InChI is InChI=1S/C29H38N4.C2H4/c1-8-22-14-19(5)15-24(21(7)31-27-13-11-10-12-23(27)18(3)4)28(22)32-29(30-9-2)33-16-25-20(6)26(25)17-33;1-2/h9-15,20-21,25-26,31H,2-3,8,16-17H2,1,4-7H3,(H,30,32);1-2H2. The van der Waals surface area contributed by atoms with Crippen molar-refractivity contribution in [1.29, 1.82) is 0 Å². The molecule has 4 rings (SSSR count). The summed E-state index contributed by atoms with van der Waals surface area (Å²) in [6, 6.07) is 13.1. The van der Waals surface area contributed by atoms with E-state index in [2.05, 4.69) is 118 Å². The minimum Gasteiger partial charge on any atom is -0.378 e. The molecule has 186 valence electrons. The number of likely N-dealkylation sites (tertiary alicyclic amines) is 1. The van der Waals surface area contributed by atoms with E-state index >= 15 is 0 Å². The first kappa shape index (κ1) is 26.3. The van der Waals surface area contributed by atoms with Gasteiger partial charge in [0.1, 0.15) is 0 Å². The van der Waals surface area contributed by atoms with E-state index in [1.165, 1.54) is 16.7 Å². The highest BCUT2D eigenvalue weighted by atomic mass is 15.3. The highest BCUT2D eigenvalue weighted by Crippen LogP contribution is 2.51. The highest BCUT2D eigenvalue weighted by molar-refractivity contribution is 5.96. The van der Waals surface area contributed by atoms with E-state index in [0.29, 0.717) is 0 Å². The molecule has 3 unspecified atom stereocenters. The number of hydrogen-bond donors (Lipinski definition) is 2. The van der Waals surface area contributed by atoms with Crippen molar-refractivity contribution in [2.45, 2.75) is 47.1 Å². The summed E-state index contributed by atoms with van der Waals surface area (Å²) in [6.07, 6.45) is 2.61. The Kier molecular flexibility index (Phi) is 8.61. The third-order valence-electron chi connectivity index (χ3n) is 7.37. The molecule has 2 aromatic rings. The fourth-order valence-corrected chi connectivity index (χ4v) is 5.34. The molecule has 1 saturated carbocycles. The Labute approximate surface area is 212 Å². The Morgan fingerprint density at radius 1 is 1.20 bits per heavy atom. The number of nitrogens with zero attached hydrogens (tertiary/aromatic N) is 2. The van der Waals surface area contributed by atoms with Gasteiger partial charge in [0.25, 0.3) is 0 Å². The smallest absolute Gasteiger partial charge is 0.203 e. The number of benzene rings is 2. The highest BCUT2D eigenvalue weighted by Gasteiger charge is 2.53. The van der Waals surface area contributed by atoms with Crippen LogP contribution in [0.25, 0.3) is 5.57 Å². The van der Waals surface area contributed by atoms with Crippen LogP contribution in [-0.2, 0) is 6.42 Å². The maximum Gasteiger partial charge on any atom is 0.203 e. The molecule has 1 heterocycles. The lowest BCUT2D eigenvalue weighted by Gasteiger charge is -2.28. The number of guanidine groups is 1. The Balaban J connectivity index is 0.00000167. The lowest BCUT2D eigenvalue weighted by Crippen LogP contribution is -2.37. The Morgan fingerprint density at radius 2 is 1.86 bits per heavy atom. The number of fused-ring (bicyclic) bond motifs is 1. The minimum absolute atomic E-state index is 0.107. The summed E-state index contributed by atoms with van der Waals surface area (Å²) in [5.74, 6) is 3.39. The summed E-state index contributed by atoms with van der Waals surface area (Å²) in [4.78, 5) is 7.06. The van der Waals surface area contributed by atoms with Crippen LogP contribution in [0.4, 0.5) is 11.4 Å². The van der Waals surface area contributed by atoms with Gasteiger partial charge in [0.2, 0.25) is 5.96 Å². The first-order valence-electron chi connectivity index (χ1n) is 12.7. The van der Waals surface area contributed by atoms with Crippen LogP contribution in [0.1, 0.15) is 56.0 Å². The zero-order valence-corrected chi connectivity index (χ0v) is 22.2. The largest absolute Gasteiger partial charge is 0.378 e. The Bertz CT molecular complexity index is 1090. The molecule has 2 N–H and O–H groups in total. The molecular weight excluding hydrogens is 428 g/mol. The molecule has 4 heteroatoms. The number of rotatable bonds is 7. The molecule has 2 aliphatic rings. The summed E-state index contributed by atoms with van der Waals surface area (Å²) in [7, 11) is 0. The van der Waals surface area contributed by atoms with Crippen LogP contribution < -0.4 is 10.6 Å². The SMILES string of the molecule is C=C.C=CN=C(Nc1c(CC)cc(C)cc1C(C)Nc1ccccc1C(=C)C)N1CC2C(C)C2C1. The van der Waals surface area contributed by atoms with Crippen LogP contribution in [0.3, 0.4) is 0 Å². The molecule has 2 fully saturated rings.